The predicted octanol–water partition coefficient (Wildman–Crippen LogP) is 4.68. The molecule has 5 rings (SSSR count). The van der Waals surface area contributed by atoms with Crippen LogP contribution in [0.5, 0.6) is 0 Å². The number of rotatable bonds is 5. The van der Waals surface area contributed by atoms with E-state index in [1.807, 2.05) is 42.2 Å². The van der Waals surface area contributed by atoms with E-state index in [0.717, 1.165) is 41.4 Å². The molecule has 0 amide bonds. The normalized spacial score (nSPS) is 13.9. The Hall–Kier alpha value is -3.12. The molecule has 0 saturated carbocycles. The molecule has 1 aliphatic heterocycles. The largest absolute Gasteiger partial charge is 0.372 e. The van der Waals surface area contributed by atoms with Crippen LogP contribution in [0.1, 0.15) is 18.4 Å². The van der Waals surface area contributed by atoms with E-state index in [0.29, 0.717) is 11.6 Å². The number of hydrogen-bond acceptors (Lipinski definition) is 5. The highest BCUT2D eigenvalue weighted by atomic mass is 35.5. The molecule has 1 aromatic carbocycles. The van der Waals surface area contributed by atoms with Crippen molar-refractivity contribution >= 4 is 28.8 Å². The van der Waals surface area contributed by atoms with Crippen LogP contribution in [0.4, 0.5) is 11.5 Å². The lowest BCUT2D eigenvalue weighted by Crippen LogP contribution is -2.19. The second kappa shape index (κ2) is 7.95. The molecule has 4 aromatic rings. The van der Waals surface area contributed by atoms with Crippen LogP contribution in [0.3, 0.4) is 0 Å². The van der Waals surface area contributed by atoms with E-state index in [1.165, 1.54) is 18.5 Å². The lowest BCUT2D eigenvalue weighted by Gasteiger charge is -2.19. The SMILES string of the molecule is CN(Cc1cncc(Cl)c1)c1ccc2ncc(-c3ccc(N4CCCC4)cc3)n2n1. The average Bonchev–Trinajstić information content (AvgIpc) is 3.44. The first-order valence-corrected chi connectivity index (χ1v) is 10.6. The molecule has 152 valence electrons. The summed E-state index contributed by atoms with van der Waals surface area (Å²) < 4.78 is 1.91. The van der Waals surface area contributed by atoms with E-state index in [4.69, 9.17) is 16.7 Å². The highest BCUT2D eigenvalue weighted by molar-refractivity contribution is 6.30. The predicted molar refractivity (Wildman–Crippen MR) is 121 cm³/mol. The Balaban J connectivity index is 1.42. The van der Waals surface area contributed by atoms with Crippen molar-refractivity contribution in [3.8, 4) is 11.3 Å². The van der Waals surface area contributed by atoms with Crippen molar-refractivity contribution in [2.45, 2.75) is 19.4 Å². The van der Waals surface area contributed by atoms with E-state index in [1.54, 1.807) is 6.20 Å². The molecule has 6 nitrogen and oxygen atoms in total. The minimum absolute atomic E-state index is 0.638. The minimum Gasteiger partial charge on any atom is -0.372 e. The second-order valence-electron chi connectivity index (χ2n) is 7.71. The maximum atomic E-state index is 6.07. The number of benzene rings is 1. The van der Waals surface area contributed by atoms with Gasteiger partial charge in [-0.15, -0.1) is 5.10 Å². The Kier molecular flexibility index (Phi) is 5.01. The third kappa shape index (κ3) is 3.71. The summed E-state index contributed by atoms with van der Waals surface area (Å²) in [7, 11) is 2.01. The van der Waals surface area contributed by atoms with E-state index in [-0.39, 0.29) is 0 Å². The van der Waals surface area contributed by atoms with Crippen molar-refractivity contribution < 1.29 is 0 Å². The van der Waals surface area contributed by atoms with Crippen LogP contribution in [-0.2, 0) is 6.54 Å². The molecule has 7 heteroatoms. The number of hydrogen-bond donors (Lipinski definition) is 0. The van der Waals surface area contributed by atoms with Gasteiger partial charge in [-0.2, -0.15) is 0 Å². The highest BCUT2D eigenvalue weighted by Gasteiger charge is 2.14. The Morgan fingerprint density at radius 3 is 2.57 bits per heavy atom. The van der Waals surface area contributed by atoms with Gasteiger partial charge in [0, 0.05) is 50.3 Å². The molecular weight excluding hydrogens is 396 g/mol. The number of imidazole rings is 1. The second-order valence-corrected chi connectivity index (χ2v) is 8.15. The van der Waals surface area contributed by atoms with Crippen molar-refractivity contribution in [2.75, 3.05) is 29.9 Å². The summed E-state index contributed by atoms with van der Waals surface area (Å²) in [6.07, 6.45) is 7.91. The molecular formula is C23H23ClN6. The van der Waals surface area contributed by atoms with Crippen molar-refractivity contribution in [3.63, 3.8) is 0 Å². The Morgan fingerprint density at radius 2 is 1.80 bits per heavy atom. The van der Waals surface area contributed by atoms with Gasteiger partial charge in [0.2, 0.25) is 0 Å². The average molecular weight is 419 g/mol. The lowest BCUT2D eigenvalue weighted by molar-refractivity contribution is 0.841. The monoisotopic (exact) mass is 418 g/mol. The summed E-state index contributed by atoms with van der Waals surface area (Å²) >= 11 is 6.07. The van der Waals surface area contributed by atoms with Gasteiger partial charge in [0.1, 0.15) is 5.82 Å². The molecule has 1 saturated heterocycles. The maximum Gasteiger partial charge on any atom is 0.154 e. The number of nitrogens with zero attached hydrogens (tertiary/aromatic N) is 6. The summed E-state index contributed by atoms with van der Waals surface area (Å²) in [5.74, 6) is 0.857. The van der Waals surface area contributed by atoms with E-state index >= 15 is 0 Å². The van der Waals surface area contributed by atoms with E-state index in [9.17, 15) is 0 Å². The van der Waals surface area contributed by atoms with Gasteiger partial charge < -0.3 is 9.80 Å². The molecule has 4 heterocycles. The van der Waals surface area contributed by atoms with Crippen molar-refractivity contribution in [3.05, 3.63) is 71.6 Å². The van der Waals surface area contributed by atoms with Crippen molar-refractivity contribution in [2.24, 2.45) is 0 Å². The first-order valence-electron chi connectivity index (χ1n) is 10.2. The summed E-state index contributed by atoms with van der Waals surface area (Å²) in [6.45, 7) is 2.96. The Labute approximate surface area is 180 Å². The fourth-order valence-electron chi connectivity index (χ4n) is 3.98. The van der Waals surface area contributed by atoms with Gasteiger partial charge in [-0.3, -0.25) is 4.98 Å². The van der Waals surface area contributed by atoms with Crippen LogP contribution >= 0.6 is 11.6 Å². The first-order chi connectivity index (χ1) is 14.7. The molecule has 1 fully saturated rings. The van der Waals surface area contributed by atoms with Gasteiger partial charge in [0.05, 0.1) is 16.9 Å². The zero-order chi connectivity index (χ0) is 20.5. The molecule has 0 bridgehead atoms. The third-order valence-electron chi connectivity index (χ3n) is 5.55. The van der Waals surface area contributed by atoms with E-state index in [2.05, 4.69) is 44.0 Å². The number of halogens is 1. The van der Waals surface area contributed by atoms with Gasteiger partial charge in [-0.05, 0) is 48.7 Å². The zero-order valence-corrected chi connectivity index (χ0v) is 17.6. The van der Waals surface area contributed by atoms with Crippen LogP contribution in [-0.4, -0.2) is 39.7 Å². The van der Waals surface area contributed by atoms with Gasteiger partial charge in [0.25, 0.3) is 0 Å². The van der Waals surface area contributed by atoms with Gasteiger partial charge in [-0.25, -0.2) is 9.50 Å². The fourth-order valence-corrected chi connectivity index (χ4v) is 4.18. The quantitative estimate of drug-likeness (QED) is 0.471. The molecule has 0 N–H and O–H groups in total. The van der Waals surface area contributed by atoms with Crippen LogP contribution < -0.4 is 9.80 Å². The summed E-state index contributed by atoms with van der Waals surface area (Å²) in [6, 6.07) is 14.6. The zero-order valence-electron chi connectivity index (χ0n) is 16.9. The molecule has 30 heavy (non-hydrogen) atoms. The molecule has 0 aliphatic carbocycles. The van der Waals surface area contributed by atoms with Crippen molar-refractivity contribution in [1.29, 1.82) is 0 Å². The van der Waals surface area contributed by atoms with Crippen LogP contribution in [0.25, 0.3) is 16.9 Å². The van der Waals surface area contributed by atoms with Gasteiger partial charge >= 0.3 is 0 Å². The molecule has 0 atom stereocenters. The number of anilines is 2. The summed E-state index contributed by atoms with van der Waals surface area (Å²) in [4.78, 5) is 13.2. The minimum atomic E-state index is 0.638. The topological polar surface area (TPSA) is 49.6 Å². The molecule has 1 aliphatic rings. The third-order valence-corrected chi connectivity index (χ3v) is 5.76. The van der Waals surface area contributed by atoms with Crippen LogP contribution in [0.2, 0.25) is 5.02 Å². The smallest absolute Gasteiger partial charge is 0.154 e. The Bertz CT molecular complexity index is 1160. The van der Waals surface area contributed by atoms with Crippen molar-refractivity contribution in [1.82, 2.24) is 19.6 Å². The first kappa shape index (κ1) is 18.9. The van der Waals surface area contributed by atoms with Gasteiger partial charge in [0.15, 0.2) is 5.65 Å². The number of fused-ring (bicyclic) bond motifs is 1. The molecule has 0 radical (unpaired) electrons. The standard InChI is InChI=1S/C23H23ClN6/c1-28(16-17-12-19(24)14-25-13-17)23-9-8-22-26-15-21(30(22)27-23)18-4-6-20(7-5-18)29-10-2-3-11-29/h4-9,12-15H,2-3,10-11,16H2,1H3. The van der Waals surface area contributed by atoms with Crippen LogP contribution in [0, 0.1) is 0 Å². The summed E-state index contributed by atoms with van der Waals surface area (Å²) in [5.41, 5.74) is 5.24. The van der Waals surface area contributed by atoms with E-state index < -0.39 is 0 Å². The number of aromatic nitrogens is 4. The highest BCUT2D eigenvalue weighted by Crippen LogP contribution is 2.26. The number of pyridine rings is 1. The Morgan fingerprint density at radius 1 is 1.00 bits per heavy atom. The van der Waals surface area contributed by atoms with Gasteiger partial charge in [-0.1, -0.05) is 23.7 Å². The summed E-state index contributed by atoms with van der Waals surface area (Å²) in [5, 5.41) is 5.48. The lowest BCUT2D eigenvalue weighted by atomic mass is 10.1. The van der Waals surface area contributed by atoms with Crippen LogP contribution in [0.15, 0.2) is 61.1 Å². The molecule has 3 aromatic heterocycles. The maximum absolute atomic E-state index is 6.07. The molecule has 0 spiro atoms. The molecule has 0 unspecified atom stereocenters. The fraction of sp³-hybridized carbons (Fsp3) is 0.261.